The molecule has 2 unspecified atom stereocenters. The van der Waals surface area contributed by atoms with Crippen molar-refractivity contribution in [1.29, 1.82) is 0 Å². The zero-order valence-electron chi connectivity index (χ0n) is 10.3. The molecule has 2 saturated heterocycles. The Balaban J connectivity index is 2.12. The second-order valence-electron chi connectivity index (χ2n) is 5.17. The van der Waals surface area contributed by atoms with Crippen LogP contribution in [0.1, 0.15) is 32.6 Å². The van der Waals surface area contributed by atoms with Crippen molar-refractivity contribution in [3.63, 3.8) is 0 Å². The van der Waals surface area contributed by atoms with E-state index >= 15 is 0 Å². The Morgan fingerprint density at radius 3 is 2.59 bits per heavy atom. The van der Waals surface area contributed by atoms with Crippen molar-refractivity contribution in [1.82, 2.24) is 8.61 Å². The highest BCUT2D eigenvalue weighted by molar-refractivity contribution is 9.09. The van der Waals surface area contributed by atoms with Gasteiger partial charge in [-0.1, -0.05) is 22.9 Å². The van der Waals surface area contributed by atoms with Crippen molar-refractivity contribution in [3.8, 4) is 0 Å². The summed E-state index contributed by atoms with van der Waals surface area (Å²) in [5.74, 6) is 0.489. The van der Waals surface area contributed by atoms with Gasteiger partial charge in [0, 0.05) is 31.0 Å². The van der Waals surface area contributed by atoms with Crippen LogP contribution in [0, 0.1) is 5.92 Å². The van der Waals surface area contributed by atoms with Crippen LogP contribution < -0.4 is 0 Å². The number of rotatable bonds is 3. The summed E-state index contributed by atoms with van der Waals surface area (Å²) in [4.78, 5) is 0. The van der Waals surface area contributed by atoms with Gasteiger partial charge in [-0.2, -0.15) is 17.0 Å². The van der Waals surface area contributed by atoms with Crippen LogP contribution in [-0.2, 0) is 10.2 Å². The molecule has 0 N–H and O–H groups in total. The first-order valence-corrected chi connectivity index (χ1v) is 8.90. The summed E-state index contributed by atoms with van der Waals surface area (Å²) >= 11 is 3.42. The molecule has 0 spiro atoms. The highest BCUT2D eigenvalue weighted by Crippen LogP contribution is 2.27. The summed E-state index contributed by atoms with van der Waals surface area (Å²) in [6, 6.07) is 0.150. The number of nitrogens with zero attached hydrogens (tertiary/aromatic N) is 2. The molecular formula is C11H21BrN2O2S. The minimum absolute atomic E-state index is 0.150. The minimum Gasteiger partial charge on any atom is -0.195 e. The lowest BCUT2D eigenvalue weighted by Gasteiger charge is -2.34. The lowest BCUT2D eigenvalue weighted by atomic mass is 10.0. The molecule has 2 fully saturated rings. The fourth-order valence-electron chi connectivity index (χ4n) is 2.77. The van der Waals surface area contributed by atoms with Crippen LogP contribution in [0.2, 0.25) is 0 Å². The number of alkyl halides is 1. The molecule has 0 amide bonds. The largest absolute Gasteiger partial charge is 0.282 e. The third-order valence-electron chi connectivity index (χ3n) is 3.74. The van der Waals surface area contributed by atoms with E-state index in [0.29, 0.717) is 25.6 Å². The summed E-state index contributed by atoms with van der Waals surface area (Å²) in [5.41, 5.74) is 0. The lowest BCUT2D eigenvalue weighted by Crippen LogP contribution is -2.49. The van der Waals surface area contributed by atoms with Crippen LogP contribution in [-0.4, -0.2) is 48.0 Å². The molecule has 0 saturated carbocycles. The Hall–Kier alpha value is 0.350. The van der Waals surface area contributed by atoms with Crippen molar-refractivity contribution in [2.24, 2.45) is 5.92 Å². The van der Waals surface area contributed by atoms with Crippen LogP contribution in [0.15, 0.2) is 0 Å². The molecule has 6 heteroatoms. The zero-order chi connectivity index (χ0) is 12.5. The van der Waals surface area contributed by atoms with Gasteiger partial charge in [0.1, 0.15) is 0 Å². The average molecular weight is 325 g/mol. The van der Waals surface area contributed by atoms with Crippen LogP contribution in [0.5, 0.6) is 0 Å². The molecule has 2 aliphatic rings. The normalized spacial score (nSPS) is 33.1. The van der Waals surface area contributed by atoms with Gasteiger partial charge < -0.3 is 0 Å². The molecule has 0 radical (unpaired) electrons. The Morgan fingerprint density at radius 1 is 1.24 bits per heavy atom. The summed E-state index contributed by atoms with van der Waals surface area (Å²) in [5, 5.41) is 0.746. The average Bonchev–Trinajstić information content (AvgIpc) is 2.77. The molecule has 2 rings (SSSR count). The van der Waals surface area contributed by atoms with E-state index < -0.39 is 10.2 Å². The minimum atomic E-state index is -3.22. The summed E-state index contributed by atoms with van der Waals surface area (Å²) in [6.07, 6.45) is 4.11. The van der Waals surface area contributed by atoms with Crippen molar-refractivity contribution in [2.75, 3.05) is 25.0 Å². The molecule has 0 bridgehead atoms. The predicted octanol–water partition coefficient (Wildman–Crippen LogP) is 1.82. The van der Waals surface area contributed by atoms with E-state index in [1.807, 2.05) is 0 Å². The van der Waals surface area contributed by atoms with E-state index in [1.165, 1.54) is 0 Å². The number of halogens is 1. The number of piperidine rings is 1. The molecule has 0 aromatic carbocycles. The first-order valence-electron chi connectivity index (χ1n) is 6.38. The van der Waals surface area contributed by atoms with Gasteiger partial charge in [0.05, 0.1) is 0 Å². The second kappa shape index (κ2) is 5.55. The van der Waals surface area contributed by atoms with Crippen LogP contribution in [0.25, 0.3) is 0 Å². The number of hydrogen-bond acceptors (Lipinski definition) is 2. The fraction of sp³-hybridized carbons (Fsp3) is 1.00. The zero-order valence-corrected chi connectivity index (χ0v) is 12.7. The molecule has 0 aromatic rings. The Kier molecular flexibility index (Phi) is 4.50. The summed E-state index contributed by atoms with van der Waals surface area (Å²) in [6.45, 7) is 4.20. The molecular weight excluding hydrogens is 304 g/mol. The monoisotopic (exact) mass is 324 g/mol. The van der Waals surface area contributed by atoms with Crippen LogP contribution in [0.4, 0.5) is 0 Å². The van der Waals surface area contributed by atoms with E-state index in [2.05, 4.69) is 22.9 Å². The maximum atomic E-state index is 12.5. The quantitative estimate of drug-likeness (QED) is 0.743. The molecule has 2 atom stereocenters. The van der Waals surface area contributed by atoms with E-state index in [9.17, 15) is 8.42 Å². The maximum Gasteiger partial charge on any atom is 0.282 e. The van der Waals surface area contributed by atoms with Crippen LogP contribution >= 0.6 is 15.9 Å². The van der Waals surface area contributed by atoms with Crippen molar-refractivity contribution in [2.45, 2.75) is 38.6 Å². The van der Waals surface area contributed by atoms with Gasteiger partial charge in [-0.25, -0.2) is 0 Å². The standard InChI is InChI=1S/C11H21BrN2O2S/c1-10-4-2-6-13(9-10)17(15,16)14-7-3-5-11(14)8-12/h10-11H,2-9H2,1H3. The second-order valence-corrected chi connectivity index (χ2v) is 7.70. The van der Waals surface area contributed by atoms with Crippen molar-refractivity contribution in [3.05, 3.63) is 0 Å². The highest BCUT2D eigenvalue weighted by atomic mass is 79.9. The third kappa shape index (κ3) is 2.85. The topological polar surface area (TPSA) is 40.6 Å². The SMILES string of the molecule is CC1CCCN(S(=O)(=O)N2CCCC2CBr)C1. The summed E-state index contributed by atoms with van der Waals surface area (Å²) < 4.78 is 28.4. The van der Waals surface area contributed by atoms with Gasteiger partial charge in [-0.3, -0.25) is 0 Å². The molecule has 4 nitrogen and oxygen atoms in total. The van der Waals surface area contributed by atoms with Gasteiger partial charge >= 0.3 is 0 Å². The van der Waals surface area contributed by atoms with E-state index in [4.69, 9.17) is 0 Å². The van der Waals surface area contributed by atoms with Gasteiger partial charge in [0.2, 0.25) is 0 Å². The Bertz CT molecular complexity index is 360. The van der Waals surface area contributed by atoms with Crippen LogP contribution in [0.3, 0.4) is 0 Å². The highest BCUT2D eigenvalue weighted by Gasteiger charge is 2.38. The van der Waals surface area contributed by atoms with E-state index in [1.54, 1.807) is 8.61 Å². The molecule has 17 heavy (non-hydrogen) atoms. The first-order chi connectivity index (χ1) is 8.05. The fourth-order valence-corrected chi connectivity index (χ4v) is 5.65. The number of hydrogen-bond donors (Lipinski definition) is 0. The molecule has 100 valence electrons. The molecule has 0 aliphatic carbocycles. The van der Waals surface area contributed by atoms with Gasteiger partial charge in [-0.05, 0) is 31.6 Å². The van der Waals surface area contributed by atoms with Crippen molar-refractivity contribution < 1.29 is 8.42 Å². The smallest absolute Gasteiger partial charge is 0.195 e. The summed E-state index contributed by atoms with van der Waals surface area (Å²) in [7, 11) is -3.22. The maximum absolute atomic E-state index is 12.5. The van der Waals surface area contributed by atoms with Crippen molar-refractivity contribution >= 4 is 26.1 Å². The van der Waals surface area contributed by atoms with E-state index in [0.717, 1.165) is 31.0 Å². The molecule has 2 heterocycles. The molecule has 2 aliphatic heterocycles. The van der Waals surface area contributed by atoms with Gasteiger partial charge in [0.25, 0.3) is 10.2 Å². The van der Waals surface area contributed by atoms with Gasteiger partial charge in [0.15, 0.2) is 0 Å². The lowest BCUT2D eigenvalue weighted by molar-refractivity contribution is 0.257. The first kappa shape index (κ1) is 13.8. The predicted molar refractivity (Wildman–Crippen MR) is 72.4 cm³/mol. The molecule has 0 aromatic heterocycles. The van der Waals surface area contributed by atoms with Gasteiger partial charge in [-0.15, -0.1) is 0 Å². The Labute approximate surface area is 113 Å². The Morgan fingerprint density at radius 2 is 1.94 bits per heavy atom. The third-order valence-corrected chi connectivity index (χ3v) is 6.55. The van der Waals surface area contributed by atoms with E-state index in [-0.39, 0.29) is 6.04 Å².